The van der Waals surface area contributed by atoms with E-state index in [-0.39, 0.29) is 5.91 Å². The van der Waals surface area contributed by atoms with Gasteiger partial charge >= 0.3 is 0 Å². The first kappa shape index (κ1) is 21.9. The normalized spacial score (nSPS) is 13.4. The fourth-order valence-electron chi connectivity index (χ4n) is 4.54. The molecule has 0 aliphatic carbocycles. The van der Waals surface area contributed by atoms with Crippen molar-refractivity contribution in [2.75, 3.05) is 26.1 Å². The van der Waals surface area contributed by atoms with E-state index in [1.54, 1.807) is 26.5 Å². The van der Waals surface area contributed by atoms with Crippen molar-refractivity contribution in [3.05, 3.63) is 89.2 Å². The molecule has 0 saturated carbocycles. The summed E-state index contributed by atoms with van der Waals surface area (Å²) in [4.78, 5) is 24.0. The molecular weight excluding hydrogens is 428 g/mol. The maximum Gasteiger partial charge on any atom is 0.257 e. The van der Waals surface area contributed by atoms with Gasteiger partial charge in [0, 0.05) is 49.0 Å². The van der Waals surface area contributed by atoms with Crippen molar-refractivity contribution in [1.82, 2.24) is 14.9 Å². The molecule has 5 rings (SSSR count). The van der Waals surface area contributed by atoms with Crippen LogP contribution in [0.3, 0.4) is 0 Å². The van der Waals surface area contributed by atoms with Crippen LogP contribution in [0.2, 0.25) is 0 Å². The molecule has 0 radical (unpaired) electrons. The summed E-state index contributed by atoms with van der Waals surface area (Å²) in [5, 5.41) is 3.96. The topological polar surface area (TPSA) is 76.6 Å². The first-order valence-electron chi connectivity index (χ1n) is 11.2. The van der Waals surface area contributed by atoms with Crippen molar-refractivity contribution in [3.8, 4) is 11.5 Å². The number of fused-ring (bicyclic) bond motifs is 2. The minimum atomic E-state index is -0.120. The summed E-state index contributed by atoms with van der Waals surface area (Å²) >= 11 is 0. The maximum atomic E-state index is 12.9. The Hall–Kier alpha value is -3.97. The molecule has 1 aliphatic rings. The van der Waals surface area contributed by atoms with Crippen LogP contribution in [0.5, 0.6) is 11.5 Å². The number of methoxy groups -OCH3 is 2. The summed E-state index contributed by atoms with van der Waals surface area (Å²) < 4.78 is 10.9. The van der Waals surface area contributed by atoms with Gasteiger partial charge in [0.2, 0.25) is 0 Å². The third-order valence-electron chi connectivity index (χ3n) is 6.23. The van der Waals surface area contributed by atoms with Crippen molar-refractivity contribution in [3.63, 3.8) is 0 Å². The number of nitrogens with zero attached hydrogens (tertiary/aromatic N) is 3. The van der Waals surface area contributed by atoms with Crippen LogP contribution in [0.25, 0.3) is 10.9 Å². The second-order valence-electron chi connectivity index (χ2n) is 8.27. The third kappa shape index (κ3) is 4.30. The molecule has 34 heavy (non-hydrogen) atoms. The first-order valence-corrected chi connectivity index (χ1v) is 11.2. The van der Waals surface area contributed by atoms with Gasteiger partial charge in [-0.05, 0) is 53.4 Å². The Labute approximate surface area is 198 Å². The van der Waals surface area contributed by atoms with E-state index >= 15 is 0 Å². The van der Waals surface area contributed by atoms with Crippen LogP contribution in [-0.4, -0.2) is 41.5 Å². The number of hydrogen-bond acceptors (Lipinski definition) is 6. The molecule has 0 saturated heterocycles. The predicted molar refractivity (Wildman–Crippen MR) is 131 cm³/mol. The zero-order valence-corrected chi connectivity index (χ0v) is 19.2. The van der Waals surface area contributed by atoms with Crippen LogP contribution in [0.4, 0.5) is 5.82 Å². The first-order chi connectivity index (χ1) is 16.7. The molecule has 1 N–H and O–H groups in total. The Morgan fingerprint density at radius 1 is 1.00 bits per heavy atom. The Kier molecular flexibility index (Phi) is 6.10. The lowest BCUT2D eigenvalue weighted by molar-refractivity contribution is 0.102. The highest BCUT2D eigenvalue weighted by atomic mass is 16.5. The smallest absolute Gasteiger partial charge is 0.257 e. The zero-order chi connectivity index (χ0) is 23.5. The van der Waals surface area contributed by atoms with Crippen molar-refractivity contribution in [2.45, 2.75) is 19.5 Å². The molecule has 3 heterocycles. The fraction of sp³-hybridized carbons (Fsp3) is 0.222. The minimum Gasteiger partial charge on any atom is -0.493 e. The highest BCUT2D eigenvalue weighted by Crippen LogP contribution is 2.33. The van der Waals surface area contributed by atoms with Crippen molar-refractivity contribution >= 4 is 22.6 Å². The number of pyridine rings is 2. The number of benzene rings is 2. The van der Waals surface area contributed by atoms with E-state index in [0.29, 0.717) is 22.9 Å². The molecule has 1 aliphatic heterocycles. The summed E-state index contributed by atoms with van der Waals surface area (Å²) in [5.74, 6) is 1.80. The lowest BCUT2D eigenvalue weighted by Gasteiger charge is -2.30. The highest BCUT2D eigenvalue weighted by molar-refractivity contribution is 6.05. The van der Waals surface area contributed by atoms with Crippen LogP contribution in [-0.2, 0) is 19.5 Å². The van der Waals surface area contributed by atoms with Gasteiger partial charge in [0.25, 0.3) is 5.91 Å². The van der Waals surface area contributed by atoms with Gasteiger partial charge in [-0.25, -0.2) is 4.98 Å². The van der Waals surface area contributed by atoms with Crippen LogP contribution >= 0.6 is 0 Å². The second kappa shape index (κ2) is 9.49. The summed E-state index contributed by atoms with van der Waals surface area (Å²) in [6.07, 6.45) is 4.31. The number of amides is 1. The van der Waals surface area contributed by atoms with Gasteiger partial charge in [-0.2, -0.15) is 0 Å². The van der Waals surface area contributed by atoms with E-state index in [1.807, 2.05) is 42.6 Å². The number of ether oxygens (including phenoxy) is 2. The molecule has 172 valence electrons. The van der Waals surface area contributed by atoms with E-state index in [0.717, 1.165) is 42.5 Å². The van der Waals surface area contributed by atoms with Gasteiger partial charge in [-0.1, -0.05) is 18.2 Å². The standard InChI is InChI=1S/C27H26N4O3/c1-33-24-14-22-19(9-12-28-23(22)15-25(24)34-2)17-31-13-10-20-18(16-31)6-5-7-21(20)27(32)30-26-8-3-4-11-29-26/h3-9,11-12,14-15H,10,13,16-17H2,1-2H3,(H,29,30,32). The molecular formula is C27H26N4O3. The lowest BCUT2D eigenvalue weighted by Crippen LogP contribution is -2.31. The third-order valence-corrected chi connectivity index (χ3v) is 6.23. The Morgan fingerprint density at radius 2 is 1.85 bits per heavy atom. The molecule has 0 atom stereocenters. The average Bonchev–Trinajstić information content (AvgIpc) is 2.88. The fourth-order valence-corrected chi connectivity index (χ4v) is 4.54. The molecule has 2 aromatic heterocycles. The Balaban J connectivity index is 1.37. The molecule has 1 amide bonds. The Bertz CT molecular complexity index is 1340. The number of anilines is 1. The van der Waals surface area contributed by atoms with Crippen molar-refractivity contribution in [2.24, 2.45) is 0 Å². The summed E-state index contributed by atoms with van der Waals surface area (Å²) in [6, 6.07) is 17.4. The number of nitrogens with one attached hydrogen (secondary N) is 1. The number of carbonyl (C=O) groups excluding carboxylic acids is 1. The second-order valence-corrected chi connectivity index (χ2v) is 8.27. The average molecular weight is 455 g/mol. The van der Waals surface area contributed by atoms with E-state index in [1.165, 1.54) is 11.1 Å². The van der Waals surface area contributed by atoms with Crippen LogP contribution in [0.15, 0.2) is 67.0 Å². The monoisotopic (exact) mass is 454 g/mol. The van der Waals surface area contributed by atoms with Gasteiger partial charge in [0.1, 0.15) is 5.82 Å². The molecule has 2 aromatic carbocycles. The largest absolute Gasteiger partial charge is 0.493 e. The quantitative estimate of drug-likeness (QED) is 0.464. The molecule has 0 fully saturated rings. The molecule has 0 bridgehead atoms. The van der Waals surface area contributed by atoms with Gasteiger partial charge in [-0.15, -0.1) is 0 Å². The molecule has 4 aromatic rings. The van der Waals surface area contributed by atoms with E-state index < -0.39 is 0 Å². The van der Waals surface area contributed by atoms with Crippen LogP contribution in [0.1, 0.15) is 27.0 Å². The van der Waals surface area contributed by atoms with E-state index in [4.69, 9.17) is 9.47 Å². The number of aromatic nitrogens is 2. The van der Waals surface area contributed by atoms with Crippen molar-refractivity contribution < 1.29 is 14.3 Å². The maximum absolute atomic E-state index is 12.9. The van der Waals surface area contributed by atoms with E-state index in [2.05, 4.69) is 32.3 Å². The molecule has 7 nitrogen and oxygen atoms in total. The summed E-state index contributed by atoms with van der Waals surface area (Å²) in [6.45, 7) is 2.41. The zero-order valence-electron chi connectivity index (χ0n) is 19.2. The molecule has 0 unspecified atom stereocenters. The molecule has 7 heteroatoms. The molecule has 0 spiro atoms. The lowest BCUT2D eigenvalue weighted by atomic mass is 9.93. The Morgan fingerprint density at radius 3 is 2.65 bits per heavy atom. The summed E-state index contributed by atoms with van der Waals surface area (Å²) in [7, 11) is 3.27. The minimum absolute atomic E-state index is 0.120. The SMILES string of the molecule is COc1cc2nccc(CN3CCc4c(cccc4C(=O)Nc4ccccn4)C3)c2cc1OC. The number of carbonyl (C=O) groups is 1. The van der Waals surface area contributed by atoms with Gasteiger partial charge < -0.3 is 14.8 Å². The van der Waals surface area contributed by atoms with E-state index in [9.17, 15) is 4.79 Å². The number of rotatable bonds is 6. The number of hydrogen-bond donors (Lipinski definition) is 1. The van der Waals surface area contributed by atoms with Crippen LogP contribution in [0, 0.1) is 0 Å². The van der Waals surface area contributed by atoms with Gasteiger partial charge in [0.15, 0.2) is 11.5 Å². The van der Waals surface area contributed by atoms with Gasteiger partial charge in [0.05, 0.1) is 19.7 Å². The van der Waals surface area contributed by atoms with Crippen LogP contribution < -0.4 is 14.8 Å². The summed E-state index contributed by atoms with van der Waals surface area (Å²) in [5.41, 5.74) is 5.06. The van der Waals surface area contributed by atoms with Crippen molar-refractivity contribution in [1.29, 1.82) is 0 Å². The van der Waals surface area contributed by atoms with Gasteiger partial charge in [-0.3, -0.25) is 14.7 Å². The highest BCUT2D eigenvalue weighted by Gasteiger charge is 2.22. The predicted octanol–water partition coefficient (Wildman–Crippen LogP) is 4.46.